The van der Waals surface area contributed by atoms with Gasteiger partial charge in [0.05, 0.1) is 0 Å². The minimum absolute atomic E-state index is 0.407. The molecule has 4 nitrogen and oxygen atoms in total. The summed E-state index contributed by atoms with van der Waals surface area (Å²) in [5.41, 5.74) is 0. The Morgan fingerprint density at radius 2 is 1.87 bits per heavy atom. The number of hydrogen-bond donors (Lipinski definition) is 1. The maximum atomic E-state index is 10.8. The Balaban J connectivity index is 2.43. The van der Waals surface area contributed by atoms with Crippen LogP contribution in [0, 0.1) is 0 Å². The molecule has 0 fully saturated rings. The van der Waals surface area contributed by atoms with E-state index in [0.29, 0.717) is 5.75 Å². The predicted octanol–water partition coefficient (Wildman–Crippen LogP) is 2.67. The molecule has 2 rings (SSSR count). The smallest absolute Gasteiger partial charge is 0.101 e. The van der Waals surface area contributed by atoms with Crippen LogP contribution >= 0.6 is 0 Å². The van der Waals surface area contributed by atoms with Crippen molar-refractivity contribution >= 4 is 21.6 Å². The monoisotopic (exact) mass is 222 g/mol. The van der Waals surface area contributed by atoms with Crippen LogP contribution in [0.25, 0.3) is 10.8 Å². The second-order valence-electron chi connectivity index (χ2n) is 2.89. The van der Waals surface area contributed by atoms with Crippen molar-refractivity contribution in [1.82, 2.24) is 0 Å². The van der Waals surface area contributed by atoms with E-state index in [9.17, 15) is 4.21 Å². The van der Waals surface area contributed by atoms with Gasteiger partial charge in [-0.05, 0) is 22.9 Å². The minimum atomic E-state index is -2.04. The zero-order valence-electron chi connectivity index (χ0n) is 7.66. The van der Waals surface area contributed by atoms with Crippen LogP contribution in [0.4, 0.5) is 0 Å². The molecule has 0 aromatic heterocycles. The van der Waals surface area contributed by atoms with Crippen LogP contribution in [0.5, 0.6) is 5.75 Å². The van der Waals surface area contributed by atoms with Crippen molar-refractivity contribution in [3.8, 4) is 5.75 Å². The van der Waals surface area contributed by atoms with E-state index in [-0.39, 0.29) is 0 Å². The van der Waals surface area contributed by atoms with Crippen molar-refractivity contribution in [2.45, 2.75) is 0 Å². The summed E-state index contributed by atoms with van der Waals surface area (Å²) in [6.07, 6.45) is 0. The lowest BCUT2D eigenvalue weighted by Crippen LogP contribution is -1.88. The van der Waals surface area contributed by atoms with Crippen molar-refractivity contribution in [1.29, 1.82) is 0 Å². The Kier molecular flexibility index (Phi) is 2.84. The van der Waals surface area contributed by atoms with E-state index in [1.165, 1.54) is 0 Å². The molecule has 0 saturated heterocycles. The third-order valence-electron chi connectivity index (χ3n) is 1.96. The van der Waals surface area contributed by atoms with Gasteiger partial charge in [-0.25, -0.2) is 4.53 Å². The third-order valence-corrected chi connectivity index (χ3v) is 2.42. The molecule has 0 spiro atoms. The van der Waals surface area contributed by atoms with Gasteiger partial charge >= 0.3 is 0 Å². The van der Waals surface area contributed by atoms with Crippen molar-refractivity contribution in [3.05, 3.63) is 42.5 Å². The summed E-state index contributed by atoms with van der Waals surface area (Å²) >= 11 is 0. The molecule has 0 aliphatic heterocycles. The average molecular weight is 222 g/mol. The first kappa shape index (κ1) is 9.95. The van der Waals surface area contributed by atoms with Gasteiger partial charge < -0.3 is 8.39 Å². The van der Waals surface area contributed by atoms with Crippen LogP contribution in [0.1, 0.15) is 0 Å². The van der Waals surface area contributed by atoms with Crippen molar-refractivity contribution < 1.29 is 13.6 Å². The molecule has 0 bridgehead atoms. The van der Waals surface area contributed by atoms with E-state index < -0.39 is 10.9 Å². The van der Waals surface area contributed by atoms with Gasteiger partial charge in [-0.3, -0.25) is 5.21 Å². The Morgan fingerprint density at radius 3 is 2.60 bits per heavy atom. The molecule has 0 aliphatic carbocycles. The largest absolute Gasteiger partial charge is 0.545 e. The van der Waals surface area contributed by atoms with Crippen LogP contribution in [-0.4, -0.2) is 5.21 Å². The molecule has 78 valence electrons. The van der Waals surface area contributed by atoms with E-state index in [1.807, 2.05) is 30.3 Å². The fourth-order valence-corrected chi connectivity index (χ4v) is 1.62. The molecular weight excluding hydrogens is 214 g/mol. The van der Waals surface area contributed by atoms with Crippen molar-refractivity contribution in [3.63, 3.8) is 0 Å². The summed E-state index contributed by atoms with van der Waals surface area (Å²) in [4.78, 5) is 0. The van der Waals surface area contributed by atoms with E-state index in [2.05, 4.69) is 4.53 Å². The summed E-state index contributed by atoms with van der Waals surface area (Å²) in [5.74, 6) is 0.407. The standard InChI is InChI=1S/C10H8NO3S/c12-11-15(13)14-10-6-5-8-3-1-2-4-9(8)7-10/h1-7,12H/q-1. The second kappa shape index (κ2) is 4.29. The molecule has 2 aromatic carbocycles. The summed E-state index contributed by atoms with van der Waals surface area (Å²) in [7, 11) is -2.04. The predicted molar refractivity (Wildman–Crippen MR) is 56.8 cm³/mol. The fraction of sp³-hybridized carbons (Fsp3) is 0. The van der Waals surface area contributed by atoms with E-state index in [4.69, 9.17) is 9.39 Å². The molecule has 0 amide bonds. The molecular formula is C10H8NO3S-. The molecule has 0 aliphatic rings. The molecule has 0 unspecified atom stereocenters. The quantitative estimate of drug-likeness (QED) is 0.627. The zero-order valence-corrected chi connectivity index (χ0v) is 8.48. The van der Waals surface area contributed by atoms with Crippen molar-refractivity contribution in [2.24, 2.45) is 4.53 Å². The second-order valence-corrected chi connectivity index (χ2v) is 3.66. The van der Waals surface area contributed by atoms with Crippen molar-refractivity contribution in [2.75, 3.05) is 0 Å². The zero-order chi connectivity index (χ0) is 10.7. The summed E-state index contributed by atoms with van der Waals surface area (Å²) in [6, 6.07) is 13.0. The Labute approximate surface area is 88.5 Å². The highest BCUT2D eigenvalue weighted by Crippen LogP contribution is 2.20. The van der Waals surface area contributed by atoms with Gasteiger partial charge in [-0.2, -0.15) is 0 Å². The minimum Gasteiger partial charge on any atom is -0.545 e. The molecule has 0 radical (unpaired) electrons. The number of rotatable bonds is 2. The van der Waals surface area contributed by atoms with Gasteiger partial charge in [0.1, 0.15) is 5.75 Å². The first-order chi connectivity index (χ1) is 7.29. The first-order valence-corrected chi connectivity index (χ1v) is 5.27. The van der Waals surface area contributed by atoms with E-state index >= 15 is 0 Å². The lowest BCUT2D eigenvalue weighted by atomic mass is 10.1. The normalized spacial score (nSPS) is 12.9. The molecule has 5 heteroatoms. The molecule has 15 heavy (non-hydrogen) atoms. The lowest BCUT2D eigenvalue weighted by Gasteiger charge is -2.08. The molecule has 0 heterocycles. The Bertz CT molecular complexity index is 561. The highest BCUT2D eigenvalue weighted by atomic mass is 32.2. The van der Waals surface area contributed by atoms with Crippen LogP contribution in [0.2, 0.25) is 0 Å². The first-order valence-electron chi connectivity index (χ1n) is 4.24. The van der Waals surface area contributed by atoms with Gasteiger partial charge in [0.15, 0.2) is 0 Å². The van der Waals surface area contributed by atoms with Crippen LogP contribution < -0.4 is 4.18 Å². The fourth-order valence-electron chi connectivity index (χ4n) is 1.32. The van der Waals surface area contributed by atoms with Crippen LogP contribution in [0.15, 0.2) is 47.0 Å². The van der Waals surface area contributed by atoms with E-state index in [0.717, 1.165) is 10.8 Å². The summed E-state index contributed by atoms with van der Waals surface area (Å²) in [6.45, 7) is 0. The van der Waals surface area contributed by atoms with Gasteiger partial charge in [-0.15, -0.1) is 0 Å². The lowest BCUT2D eigenvalue weighted by molar-refractivity contribution is 0.318. The third kappa shape index (κ3) is 2.26. The molecule has 2 aromatic rings. The SMILES string of the molecule is O=[S-](=NO)Oc1ccc2ccccc2c1. The topological polar surface area (TPSA) is 58.9 Å². The highest BCUT2D eigenvalue weighted by molar-refractivity contribution is 7.69. The number of fused-ring (bicyclic) bond motifs is 1. The molecule has 0 atom stereocenters. The Morgan fingerprint density at radius 1 is 1.13 bits per heavy atom. The average Bonchev–Trinajstić information content (AvgIpc) is 2.29. The maximum absolute atomic E-state index is 10.8. The maximum Gasteiger partial charge on any atom is 0.101 e. The summed E-state index contributed by atoms with van der Waals surface area (Å²) in [5, 5.41) is 10.3. The van der Waals surface area contributed by atoms with E-state index in [1.54, 1.807) is 12.1 Å². The number of hydrogen-bond acceptors (Lipinski definition) is 4. The van der Waals surface area contributed by atoms with Gasteiger partial charge in [0, 0.05) is 10.9 Å². The molecule has 0 saturated carbocycles. The van der Waals surface area contributed by atoms with Crippen LogP contribution in [0.3, 0.4) is 0 Å². The Hall–Kier alpha value is -1.59. The van der Waals surface area contributed by atoms with Gasteiger partial charge in [0.25, 0.3) is 0 Å². The number of nitrogens with zero attached hydrogens (tertiary/aromatic N) is 1. The van der Waals surface area contributed by atoms with Gasteiger partial charge in [-0.1, -0.05) is 30.3 Å². The van der Waals surface area contributed by atoms with Crippen LogP contribution in [-0.2, 0) is 15.1 Å². The van der Waals surface area contributed by atoms with Gasteiger partial charge in [0.2, 0.25) is 0 Å². The number of benzene rings is 2. The molecule has 1 N–H and O–H groups in total. The summed E-state index contributed by atoms with van der Waals surface area (Å²) < 4.78 is 18.1. The highest BCUT2D eigenvalue weighted by Gasteiger charge is 1.93.